The summed E-state index contributed by atoms with van der Waals surface area (Å²) in [6.45, 7) is 5.60. The highest BCUT2D eigenvalue weighted by atomic mass is 35.5. The number of halogens is 2. The minimum absolute atomic E-state index is 0.0816. The Kier molecular flexibility index (Phi) is 5.17. The van der Waals surface area contributed by atoms with Crippen molar-refractivity contribution >= 4 is 17.5 Å². The number of benzene rings is 2. The van der Waals surface area contributed by atoms with Crippen molar-refractivity contribution in [3.05, 3.63) is 70.0 Å². The first-order valence-electron chi connectivity index (χ1n) is 8.05. The molecule has 1 aliphatic heterocycles. The summed E-state index contributed by atoms with van der Waals surface area (Å²) in [5.74, 6) is -0.240. The van der Waals surface area contributed by atoms with Crippen LogP contribution in [0.25, 0.3) is 0 Å². The first-order valence-corrected chi connectivity index (χ1v) is 8.43. The van der Waals surface area contributed by atoms with Crippen LogP contribution in [0.1, 0.15) is 21.5 Å². The van der Waals surface area contributed by atoms with Crippen LogP contribution in [0.2, 0.25) is 5.02 Å². The number of carbonyl (C=O) groups excluding carboxylic acids is 1. The van der Waals surface area contributed by atoms with Crippen LogP contribution in [-0.2, 0) is 6.54 Å². The molecule has 0 spiro atoms. The van der Waals surface area contributed by atoms with Gasteiger partial charge < -0.3 is 4.90 Å². The molecule has 1 saturated heterocycles. The van der Waals surface area contributed by atoms with E-state index in [-0.39, 0.29) is 11.7 Å². The molecule has 24 heavy (non-hydrogen) atoms. The highest BCUT2D eigenvalue weighted by Crippen LogP contribution is 2.20. The first-order chi connectivity index (χ1) is 11.5. The first kappa shape index (κ1) is 16.9. The van der Waals surface area contributed by atoms with Gasteiger partial charge in [-0.15, -0.1) is 0 Å². The average Bonchev–Trinajstić information content (AvgIpc) is 2.57. The third-order valence-corrected chi connectivity index (χ3v) is 4.69. The lowest BCUT2D eigenvalue weighted by Gasteiger charge is -2.35. The zero-order chi connectivity index (χ0) is 17.1. The van der Waals surface area contributed by atoms with Gasteiger partial charge in [-0.2, -0.15) is 0 Å². The van der Waals surface area contributed by atoms with Gasteiger partial charge in [-0.05, 0) is 36.8 Å². The van der Waals surface area contributed by atoms with Crippen molar-refractivity contribution in [2.24, 2.45) is 0 Å². The molecule has 5 heteroatoms. The summed E-state index contributed by atoms with van der Waals surface area (Å²) in [5.41, 5.74) is 2.74. The van der Waals surface area contributed by atoms with Crippen LogP contribution in [0.3, 0.4) is 0 Å². The molecule has 0 saturated carbocycles. The molecule has 1 aliphatic rings. The minimum atomic E-state index is -0.322. The van der Waals surface area contributed by atoms with Crippen molar-refractivity contribution in [3.8, 4) is 0 Å². The predicted octanol–water partition coefficient (Wildman–Crippen LogP) is 3.75. The minimum Gasteiger partial charge on any atom is -0.336 e. The molecule has 1 fully saturated rings. The van der Waals surface area contributed by atoms with Gasteiger partial charge in [0, 0.05) is 43.3 Å². The Bertz CT molecular complexity index is 742. The Morgan fingerprint density at radius 3 is 2.54 bits per heavy atom. The lowest BCUT2D eigenvalue weighted by molar-refractivity contribution is 0.0628. The summed E-state index contributed by atoms with van der Waals surface area (Å²) in [5, 5.41) is 0.452. The van der Waals surface area contributed by atoms with Crippen molar-refractivity contribution in [3.63, 3.8) is 0 Å². The fraction of sp³-hybridized carbons (Fsp3) is 0.316. The Hall–Kier alpha value is -1.91. The maximum Gasteiger partial charge on any atom is 0.253 e. The van der Waals surface area contributed by atoms with E-state index >= 15 is 0 Å². The SMILES string of the molecule is Cc1cccc(C(=O)N2CCN(Cc3ccc(F)cc3Cl)CC2)c1. The molecule has 126 valence electrons. The Morgan fingerprint density at radius 1 is 1.12 bits per heavy atom. The third kappa shape index (κ3) is 3.94. The fourth-order valence-electron chi connectivity index (χ4n) is 2.96. The summed E-state index contributed by atoms with van der Waals surface area (Å²) in [4.78, 5) is 16.7. The highest BCUT2D eigenvalue weighted by Gasteiger charge is 2.22. The molecular formula is C19H20ClFN2O. The number of piperazine rings is 1. The molecule has 1 heterocycles. The molecule has 1 amide bonds. The van der Waals surface area contributed by atoms with E-state index < -0.39 is 0 Å². The van der Waals surface area contributed by atoms with Gasteiger partial charge in [0.15, 0.2) is 0 Å². The largest absolute Gasteiger partial charge is 0.336 e. The molecule has 0 radical (unpaired) electrons. The van der Waals surface area contributed by atoms with Crippen LogP contribution in [-0.4, -0.2) is 41.9 Å². The lowest BCUT2D eigenvalue weighted by atomic mass is 10.1. The number of carbonyl (C=O) groups is 1. The smallest absolute Gasteiger partial charge is 0.253 e. The second-order valence-electron chi connectivity index (χ2n) is 6.17. The van der Waals surface area contributed by atoms with Gasteiger partial charge in [0.1, 0.15) is 5.82 Å². The molecule has 0 unspecified atom stereocenters. The maximum absolute atomic E-state index is 13.1. The lowest BCUT2D eigenvalue weighted by Crippen LogP contribution is -2.48. The van der Waals surface area contributed by atoms with Gasteiger partial charge in [0.25, 0.3) is 5.91 Å². The molecule has 0 aliphatic carbocycles. The number of hydrogen-bond donors (Lipinski definition) is 0. The van der Waals surface area contributed by atoms with Gasteiger partial charge in [0.2, 0.25) is 0 Å². The van der Waals surface area contributed by atoms with Gasteiger partial charge in [-0.3, -0.25) is 9.69 Å². The van der Waals surface area contributed by atoms with Gasteiger partial charge in [0.05, 0.1) is 0 Å². The van der Waals surface area contributed by atoms with Crippen LogP contribution in [0.4, 0.5) is 4.39 Å². The van der Waals surface area contributed by atoms with Crippen molar-refractivity contribution in [1.29, 1.82) is 0 Å². The summed E-state index contributed by atoms with van der Waals surface area (Å²) in [6.07, 6.45) is 0. The van der Waals surface area contributed by atoms with E-state index in [9.17, 15) is 9.18 Å². The number of nitrogens with zero attached hydrogens (tertiary/aromatic N) is 2. The van der Waals surface area contributed by atoms with E-state index in [4.69, 9.17) is 11.6 Å². The zero-order valence-electron chi connectivity index (χ0n) is 13.6. The monoisotopic (exact) mass is 346 g/mol. The zero-order valence-corrected chi connectivity index (χ0v) is 14.4. The topological polar surface area (TPSA) is 23.6 Å². The quantitative estimate of drug-likeness (QED) is 0.845. The Morgan fingerprint density at radius 2 is 1.88 bits per heavy atom. The standard InChI is InChI=1S/C19H20ClFN2O/c1-14-3-2-4-15(11-14)19(24)23-9-7-22(8-10-23)13-16-5-6-17(21)12-18(16)20/h2-6,11-12H,7-10,13H2,1H3. The molecular weight excluding hydrogens is 327 g/mol. The molecule has 2 aromatic rings. The van der Waals surface area contributed by atoms with Crippen LogP contribution >= 0.6 is 11.6 Å². The number of aryl methyl sites for hydroxylation is 1. The van der Waals surface area contributed by atoms with Gasteiger partial charge in [-0.1, -0.05) is 35.4 Å². The third-order valence-electron chi connectivity index (χ3n) is 4.33. The number of amides is 1. The molecule has 0 N–H and O–H groups in total. The van der Waals surface area contributed by atoms with Gasteiger partial charge in [-0.25, -0.2) is 4.39 Å². The summed E-state index contributed by atoms with van der Waals surface area (Å²) >= 11 is 6.09. The van der Waals surface area contributed by atoms with Crippen LogP contribution in [0.15, 0.2) is 42.5 Å². The Balaban J connectivity index is 1.58. The van der Waals surface area contributed by atoms with Gasteiger partial charge >= 0.3 is 0 Å². The van der Waals surface area contributed by atoms with E-state index in [2.05, 4.69) is 4.90 Å². The number of rotatable bonds is 3. The summed E-state index contributed by atoms with van der Waals surface area (Å²) < 4.78 is 13.1. The summed E-state index contributed by atoms with van der Waals surface area (Å²) in [7, 11) is 0. The van der Waals surface area contributed by atoms with E-state index in [0.717, 1.165) is 29.8 Å². The molecule has 3 nitrogen and oxygen atoms in total. The van der Waals surface area contributed by atoms with Crippen molar-refractivity contribution < 1.29 is 9.18 Å². The molecule has 0 bridgehead atoms. The van der Waals surface area contributed by atoms with Crippen LogP contribution in [0.5, 0.6) is 0 Å². The number of hydrogen-bond acceptors (Lipinski definition) is 2. The Labute approximate surface area is 146 Å². The molecule has 2 aromatic carbocycles. The summed E-state index contributed by atoms with van der Waals surface area (Å²) in [6, 6.07) is 12.2. The average molecular weight is 347 g/mol. The van der Waals surface area contributed by atoms with Crippen LogP contribution in [0, 0.1) is 12.7 Å². The molecule has 0 aromatic heterocycles. The van der Waals surface area contributed by atoms with Crippen molar-refractivity contribution in [2.45, 2.75) is 13.5 Å². The van der Waals surface area contributed by atoms with Crippen molar-refractivity contribution in [1.82, 2.24) is 9.80 Å². The predicted molar refractivity (Wildman–Crippen MR) is 93.8 cm³/mol. The molecule has 0 atom stereocenters. The van der Waals surface area contributed by atoms with E-state index in [0.29, 0.717) is 24.7 Å². The van der Waals surface area contributed by atoms with E-state index in [1.165, 1.54) is 12.1 Å². The fourth-order valence-corrected chi connectivity index (χ4v) is 3.19. The second kappa shape index (κ2) is 7.32. The van der Waals surface area contributed by atoms with E-state index in [1.807, 2.05) is 36.1 Å². The van der Waals surface area contributed by atoms with Crippen molar-refractivity contribution in [2.75, 3.05) is 26.2 Å². The molecule has 3 rings (SSSR count). The maximum atomic E-state index is 13.1. The highest BCUT2D eigenvalue weighted by molar-refractivity contribution is 6.31. The van der Waals surface area contributed by atoms with E-state index in [1.54, 1.807) is 6.07 Å². The second-order valence-corrected chi connectivity index (χ2v) is 6.58. The van der Waals surface area contributed by atoms with Crippen LogP contribution < -0.4 is 0 Å². The normalized spacial score (nSPS) is 15.5.